The van der Waals surface area contributed by atoms with Crippen molar-refractivity contribution in [2.75, 3.05) is 6.61 Å². The molecule has 20 heavy (non-hydrogen) atoms. The van der Waals surface area contributed by atoms with Gasteiger partial charge in [0.15, 0.2) is 0 Å². The Kier molecular flexibility index (Phi) is 3.98. The Morgan fingerprint density at radius 3 is 2.20 bits per heavy atom. The molecule has 0 aromatic carbocycles. The number of rotatable bonds is 2. The first-order chi connectivity index (χ1) is 9.14. The van der Waals surface area contributed by atoms with Crippen LogP contribution in [0.3, 0.4) is 0 Å². The highest BCUT2D eigenvalue weighted by Crippen LogP contribution is 2.58. The maximum atomic E-state index is 11.2. The SMILES string of the molecule is CC(C)[C@@H]1CC[C@]2(C)[C@@H](O)CC[C@@](O)(CO)[C@@]2(O)[C@@H]1O. The topological polar surface area (TPSA) is 101 Å². The molecule has 5 nitrogen and oxygen atoms in total. The molecule has 0 radical (unpaired) electrons. The van der Waals surface area contributed by atoms with Crippen LogP contribution in [0.4, 0.5) is 0 Å². The summed E-state index contributed by atoms with van der Waals surface area (Å²) in [5.41, 5.74) is -4.67. The number of aliphatic hydroxyl groups excluding tert-OH is 3. The zero-order chi connectivity index (χ0) is 15.3. The summed E-state index contributed by atoms with van der Waals surface area (Å²) in [5, 5.41) is 52.6. The van der Waals surface area contributed by atoms with Crippen LogP contribution in [-0.4, -0.2) is 55.5 Å². The van der Waals surface area contributed by atoms with E-state index >= 15 is 0 Å². The van der Waals surface area contributed by atoms with E-state index in [9.17, 15) is 25.5 Å². The Balaban J connectivity index is 2.52. The lowest BCUT2D eigenvalue weighted by molar-refractivity contribution is -0.331. The van der Waals surface area contributed by atoms with E-state index in [1.165, 1.54) is 0 Å². The second kappa shape index (κ2) is 4.92. The molecule has 5 N–H and O–H groups in total. The fourth-order valence-electron chi connectivity index (χ4n) is 4.47. The van der Waals surface area contributed by atoms with Crippen molar-refractivity contribution in [1.82, 2.24) is 0 Å². The van der Waals surface area contributed by atoms with Crippen LogP contribution >= 0.6 is 0 Å². The molecular formula is C15H28O5. The predicted molar refractivity (Wildman–Crippen MR) is 73.9 cm³/mol. The first kappa shape index (κ1) is 16.2. The van der Waals surface area contributed by atoms with E-state index in [0.717, 1.165) is 0 Å². The number of hydrogen-bond donors (Lipinski definition) is 5. The van der Waals surface area contributed by atoms with Crippen LogP contribution in [0, 0.1) is 17.3 Å². The molecule has 2 aliphatic carbocycles. The molecule has 0 spiro atoms. The largest absolute Gasteiger partial charge is 0.393 e. The molecule has 6 atom stereocenters. The van der Waals surface area contributed by atoms with Crippen LogP contribution in [0.2, 0.25) is 0 Å². The predicted octanol–water partition coefficient (Wildman–Crippen LogP) is 0.0288. The summed E-state index contributed by atoms with van der Waals surface area (Å²) in [6.45, 7) is 5.03. The van der Waals surface area contributed by atoms with Gasteiger partial charge in [0.05, 0.1) is 18.8 Å². The molecule has 5 heteroatoms. The Hall–Kier alpha value is -0.200. The van der Waals surface area contributed by atoms with E-state index in [0.29, 0.717) is 19.3 Å². The molecule has 0 aromatic rings. The monoisotopic (exact) mass is 288 g/mol. The van der Waals surface area contributed by atoms with Crippen LogP contribution in [-0.2, 0) is 0 Å². The van der Waals surface area contributed by atoms with E-state index in [4.69, 9.17) is 0 Å². The quantitative estimate of drug-likeness (QED) is 0.493. The zero-order valence-electron chi connectivity index (χ0n) is 12.6. The smallest absolute Gasteiger partial charge is 0.129 e. The van der Waals surface area contributed by atoms with Crippen molar-refractivity contribution in [2.24, 2.45) is 17.3 Å². The maximum absolute atomic E-state index is 11.2. The van der Waals surface area contributed by atoms with Gasteiger partial charge in [-0.15, -0.1) is 0 Å². The van der Waals surface area contributed by atoms with E-state index in [-0.39, 0.29) is 18.3 Å². The highest BCUT2D eigenvalue weighted by Gasteiger charge is 2.70. The summed E-state index contributed by atoms with van der Waals surface area (Å²) >= 11 is 0. The molecule has 2 fully saturated rings. The number of fused-ring (bicyclic) bond motifs is 1. The van der Waals surface area contributed by atoms with E-state index in [2.05, 4.69) is 0 Å². The summed E-state index contributed by atoms with van der Waals surface area (Å²) in [7, 11) is 0. The first-order valence-electron chi connectivity index (χ1n) is 7.56. The zero-order valence-corrected chi connectivity index (χ0v) is 12.6. The number of aliphatic hydroxyl groups is 5. The van der Waals surface area contributed by atoms with Gasteiger partial charge in [0, 0.05) is 5.41 Å². The minimum absolute atomic E-state index is 0.0820. The van der Waals surface area contributed by atoms with Crippen molar-refractivity contribution >= 4 is 0 Å². The molecule has 2 aliphatic rings. The third-order valence-electron chi connectivity index (χ3n) is 6.10. The molecule has 118 valence electrons. The average Bonchev–Trinajstić information content (AvgIpc) is 2.39. The highest BCUT2D eigenvalue weighted by atomic mass is 16.4. The maximum Gasteiger partial charge on any atom is 0.129 e. The van der Waals surface area contributed by atoms with Crippen molar-refractivity contribution < 1.29 is 25.5 Å². The second-order valence-electron chi connectivity index (χ2n) is 7.32. The molecule has 0 aliphatic heterocycles. The van der Waals surface area contributed by atoms with Gasteiger partial charge in [-0.05, 0) is 37.5 Å². The van der Waals surface area contributed by atoms with Crippen LogP contribution in [0.15, 0.2) is 0 Å². The molecule has 0 bridgehead atoms. The third kappa shape index (κ3) is 1.80. The minimum Gasteiger partial charge on any atom is -0.393 e. The van der Waals surface area contributed by atoms with Crippen molar-refractivity contribution in [1.29, 1.82) is 0 Å². The summed E-state index contributed by atoms with van der Waals surface area (Å²) in [6.07, 6.45) is -0.341. The van der Waals surface area contributed by atoms with E-state index in [1.54, 1.807) is 6.92 Å². The van der Waals surface area contributed by atoms with Gasteiger partial charge in [-0.25, -0.2) is 0 Å². The Labute approximate surface area is 120 Å². The minimum atomic E-state index is -1.89. The Bertz CT molecular complexity index is 373. The molecular weight excluding hydrogens is 260 g/mol. The normalized spacial score (nSPS) is 53.0. The fourth-order valence-corrected chi connectivity index (χ4v) is 4.47. The average molecular weight is 288 g/mol. The molecule has 2 rings (SSSR count). The summed E-state index contributed by atoms with van der Waals surface area (Å²) in [4.78, 5) is 0. The van der Waals surface area contributed by atoms with Gasteiger partial charge in [0.2, 0.25) is 0 Å². The fraction of sp³-hybridized carbons (Fsp3) is 1.00. The molecule has 0 unspecified atom stereocenters. The molecule has 2 saturated carbocycles. The van der Waals surface area contributed by atoms with Crippen LogP contribution < -0.4 is 0 Å². The Morgan fingerprint density at radius 2 is 1.70 bits per heavy atom. The lowest BCUT2D eigenvalue weighted by atomic mass is 9.47. The van der Waals surface area contributed by atoms with Crippen molar-refractivity contribution in [2.45, 2.75) is 69.9 Å². The van der Waals surface area contributed by atoms with Gasteiger partial charge in [0.25, 0.3) is 0 Å². The van der Waals surface area contributed by atoms with Crippen molar-refractivity contribution in [3.8, 4) is 0 Å². The van der Waals surface area contributed by atoms with Gasteiger partial charge in [0.1, 0.15) is 11.2 Å². The number of hydrogen-bond acceptors (Lipinski definition) is 5. The second-order valence-corrected chi connectivity index (χ2v) is 7.32. The van der Waals surface area contributed by atoms with E-state index in [1.807, 2.05) is 13.8 Å². The van der Waals surface area contributed by atoms with Crippen LogP contribution in [0.25, 0.3) is 0 Å². The standard InChI is InChI=1S/C15H28O5/c1-9(2)10-4-6-13(3)11(17)5-7-14(19,8-16)15(13,20)12(10)18/h9-12,16-20H,4-8H2,1-3H3/t10-,11-,12+,13+,14+,15+/m0/s1. The lowest BCUT2D eigenvalue weighted by Crippen LogP contribution is -2.78. The first-order valence-corrected chi connectivity index (χ1v) is 7.56. The summed E-state index contributed by atoms with van der Waals surface area (Å²) in [5.74, 6) is -0.00274. The Morgan fingerprint density at radius 1 is 1.10 bits per heavy atom. The molecule has 0 heterocycles. The van der Waals surface area contributed by atoms with Gasteiger partial charge >= 0.3 is 0 Å². The van der Waals surface area contributed by atoms with Gasteiger partial charge in [-0.1, -0.05) is 20.8 Å². The lowest BCUT2D eigenvalue weighted by Gasteiger charge is -2.64. The highest BCUT2D eigenvalue weighted by molar-refractivity contribution is 5.21. The summed E-state index contributed by atoms with van der Waals surface area (Å²) in [6, 6.07) is 0. The molecule has 0 aromatic heterocycles. The van der Waals surface area contributed by atoms with Crippen LogP contribution in [0.1, 0.15) is 46.5 Å². The third-order valence-corrected chi connectivity index (χ3v) is 6.10. The van der Waals surface area contributed by atoms with Gasteiger partial charge < -0.3 is 25.5 Å². The summed E-state index contributed by atoms with van der Waals surface area (Å²) < 4.78 is 0. The van der Waals surface area contributed by atoms with Crippen LogP contribution in [0.5, 0.6) is 0 Å². The van der Waals surface area contributed by atoms with E-state index < -0.39 is 35.4 Å². The van der Waals surface area contributed by atoms with Crippen molar-refractivity contribution in [3.63, 3.8) is 0 Å². The van der Waals surface area contributed by atoms with Gasteiger partial charge in [-0.2, -0.15) is 0 Å². The molecule has 0 saturated heterocycles. The van der Waals surface area contributed by atoms with Crippen molar-refractivity contribution in [3.05, 3.63) is 0 Å². The molecule has 0 amide bonds. The van der Waals surface area contributed by atoms with Gasteiger partial charge in [-0.3, -0.25) is 0 Å².